The van der Waals surface area contributed by atoms with Crippen LogP contribution in [0, 0.1) is 5.82 Å². The Morgan fingerprint density at radius 3 is 2.30 bits per heavy atom. The molecule has 9 nitrogen and oxygen atoms in total. The molecule has 2 aliphatic heterocycles. The number of nitrogens with one attached hydrogen (secondary N) is 1. The van der Waals surface area contributed by atoms with E-state index in [1.165, 1.54) is 6.07 Å². The van der Waals surface area contributed by atoms with Gasteiger partial charge in [-0.1, -0.05) is 18.2 Å². The number of benzene rings is 2. The highest BCUT2D eigenvalue weighted by atomic mass is 79.9. The van der Waals surface area contributed by atoms with Crippen molar-refractivity contribution in [2.45, 2.75) is 19.4 Å². The SMILES string of the molecule is Fc1ccccc1COc1c(Br)cc(/C=N\Nc2nc(N3CCCC3)nc(N3CCOCC3)n2)cc1Br. The first kappa shape index (κ1) is 25.8. The van der Waals surface area contributed by atoms with E-state index in [1.54, 1.807) is 24.4 Å². The van der Waals surface area contributed by atoms with Crippen LogP contribution in [-0.2, 0) is 11.3 Å². The topological polar surface area (TPSA) is 88.0 Å². The van der Waals surface area contributed by atoms with Crippen molar-refractivity contribution < 1.29 is 13.9 Å². The number of hydrogen-bond donors (Lipinski definition) is 1. The summed E-state index contributed by atoms with van der Waals surface area (Å²) >= 11 is 7.09. The summed E-state index contributed by atoms with van der Waals surface area (Å²) in [7, 11) is 0. The van der Waals surface area contributed by atoms with Gasteiger partial charge in [0.1, 0.15) is 18.2 Å². The number of anilines is 3. The zero-order valence-electron chi connectivity index (χ0n) is 20.0. The fourth-order valence-corrected chi connectivity index (χ4v) is 5.54. The number of hydrogen-bond acceptors (Lipinski definition) is 9. The maximum absolute atomic E-state index is 13.9. The van der Waals surface area contributed by atoms with Crippen LogP contribution in [0.5, 0.6) is 5.75 Å². The van der Waals surface area contributed by atoms with Gasteiger partial charge in [0.2, 0.25) is 17.8 Å². The Hall–Kier alpha value is -2.83. The zero-order chi connectivity index (χ0) is 25.6. The lowest BCUT2D eigenvalue weighted by Gasteiger charge is -2.27. The van der Waals surface area contributed by atoms with Crippen LogP contribution in [0.3, 0.4) is 0 Å². The molecule has 0 unspecified atom stereocenters. The minimum absolute atomic E-state index is 0.114. The molecule has 1 N–H and O–H groups in total. The van der Waals surface area contributed by atoms with Gasteiger partial charge >= 0.3 is 0 Å². The highest BCUT2D eigenvalue weighted by Gasteiger charge is 2.21. The molecule has 37 heavy (non-hydrogen) atoms. The number of rotatable bonds is 8. The summed E-state index contributed by atoms with van der Waals surface area (Å²) in [5, 5.41) is 4.36. The summed E-state index contributed by atoms with van der Waals surface area (Å²) in [6.07, 6.45) is 3.93. The maximum atomic E-state index is 13.9. The molecule has 0 aliphatic carbocycles. The second-order valence-corrected chi connectivity index (χ2v) is 10.3. The summed E-state index contributed by atoms with van der Waals surface area (Å²) in [5.74, 6) is 1.95. The van der Waals surface area contributed by atoms with Crippen LogP contribution in [0.2, 0.25) is 0 Å². The third-order valence-electron chi connectivity index (χ3n) is 6.02. The van der Waals surface area contributed by atoms with Crippen molar-refractivity contribution in [2.75, 3.05) is 54.6 Å². The van der Waals surface area contributed by atoms with Crippen LogP contribution in [0.25, 0.3) is 0 Å². The van der Waals surface area contributed by atoms with Crippen LogP contribution >= 0.6 is 31.9 Å². The summed E-state index contributed by atoms with van der Waals surface area (Å²) in [6.45, 7) is 4.75. The molecule has 194 valence electrons. The molecule has 0 atom stereocenters. The largest absolute Gasteiger partial charge is 0.486 e. The van der Waals surface area contributed by atoms with Crippen molar-refractivity contribution in [3.63, 3.8) is 0 Å². The Kier molecular flexibility index (Phi) is 8.47. The molecule has 12 heteroatoms. The van der Waals surface area contributed by atoms with Gasteiger partial charge in [-0.3, -0.25) is 0 Å². The van der Waals surface area contributed by atoms with Crippen LogP contribution in [0.15, 0.2) is 50.4 Å². The molecule has 0 spiro atoms. The first-order valence-corrected chi connectivity index (χ1v) is 13.6. The number of nitrogens with zero attached hydrogens (tertiary/aromatic N) is 6. The predicted molar refractivity (Wildman–Crippen MR) is 148 cm³/mol. The van der Waals surface area contributed by atoms with Gasteiger partial charge in [-0.2, -0.15) is 20.1 Å². The summed E-state index contributed by atoms with van der Waals surface area (Å²) in [4.78, 5) is 18.2. The van der Waals surface area contributed by atoms with Crippen molar-refractivity contribution in [1.82, 2.24) is 15.0 Å². The van der Waals surface area contributed by atoms with E-state index in [0.717, 1.165) is 44.6 Å². The highest BCUT2D eigenvalue weighted by Crippen LogP contribution is 2.35. The average molecular weight is 635 g/mol. The van der Waals surface area contributed by atoms with Gasteiger partial charge in [-0.25, -0.2) is 9.82 Å². The molecular weight excluding hydrogens is 609 g/mol. The third-order valence-corrected chi connectivity index (χ3v) is 7.20. The lowest BCUT2D eigenvalue weighted by molar-refractivity contribution is 0.122. The normalized spacial score (nSPS) is 16.0. The van der Waals surface area contributed by atoms with Gasteiger partial charge in [-0.15, -0.1) is 0 Å². The first-order chi connectivity index (χ1) is 18.1. The molecule has 0 saturated carbocycles. The molecule has 2 aromatic carbocycles. The van der Waals surface area contributed by atoms with Gasteiger partial charge in [0, 0.05) is 31.7 Å². The lowest BCUT2D eigenvalue weighted by Crippen LogP contribution is -2.38. The van der Waals surface area contributed by atoms with Crippen molar-refractivity contribution in [1.29, 1.82) is 0 Å². The Morgan fingerprint density at radius 1 is 0.973 bits per heavy atom. The number of halogens is 3. The maximum Gasteiger partial charge on any atom is 0.250 e. The van der Waals surface area contributed by atoms with Gasteiger partial charge in [0.05, 0.1) is 28.4 Å². The average Bonchev–Trinajstić information content (AvgIpc) is 3.45. The van der Waals surface area contributed by atoms with Crippen LogP contribution in [0.1, 0.15) is 24.0 Å². The van der Waals surface area contributed by atoms with E-state index in [-0.39, 0.29) is 12.4 Å². The fraction of sp³-hybridized carbons (Fsp3) is 0.360. The smallest absolute Gasteiger partial charge is 0.250 e. The van der Waals surface area contributed by atoms with Gasteiger partial charge in [0.15, 0.2) is 0 Å². The Bertz CT molecular complexity index is 1240. The molecule has 2 fully saturated rings. The quantitative estimate of drug-likeness (QED) is 0.274. The molecule has 5 rings (SSSR count). The lowest BCUT2D eigenvalue weighted by atomic mass is 10.2. The Balaban J connectivity index is 1.29. The van der Waals surface area contributed by atoms with Crippen LogP contribution < -0.4 is 20.0 Å². The number of morpholine rings is 1. The van der Waals surface area contributed by atoms with Crippen molar-refractivity contribution in [2.24, 2.45) is 5.10 Å². The molecule has 1 aromatic heterocycles. The number of hydrazone groups is 1. The predicted octanol–water partition coefficient (Wildman–Crippen LogP) is 5.00. The summed E-state index contributed by atoms with van der Waals surface area (Å²) < 4.78 is 26.7. The summed E-state index contributed by atoms with van der Waals surface area (Å²) in [5.41, 5.74) is 4.26. The standard InChI is InChI=1S/C25H26Br2FN7O2/c26-19-13-17(14-20(27)22(19)37-16-18-5-1-2-6-21(18)28)15-29-33-23-30-24(34-7-3-4-8-34)32-25(31-23)35-9-11-36-12-10-35/h1-2,5-6,13-15H,3-4,7-12,16H2,(H,30,31,32,33)/b29-15-. The van der Waals surface area contributed by atoms with E-state index in [4.69, 9.17) is 14.5 Å². The molecule has 3 aromatic rings. The van der Waals surface area contributed by atoms with Crippen molar-refractivity contribution in [3.05, 3.63) is 62.3 Å². The van der Waals surface area contributed by atoms with E-state index in [0.29, 0.717) is 51.3 Å². The monoisotopic (exact) mass is 633 g/mol. The minimum atomic E-state index is -0.299. The van der Waals surface area contributed by atoms with E-state index in [9.17, 15) is 4.39 Å². The summed E-state index contributed by atoms with van der Waals surface area (Å²) in [6, 6.07) is 10.3. The van der Waals surface area contributed by atoms with E-state index in [1.807, 2.05) is 12.1 Å². The van der Waals surface area contributed by atoms with Gasteiger partial charge in [-0.05, 0) is 68.5 Å². The Labute approximate surface area is 231 Å². The van der Waals surface area contributed by atoms with Crippen molar-refractivity contribution in [3.8, 4) is 5.75 Å². The Morgan fingerprint density at radius 2 is 1.62 bits per heavy atom. The molecular formula is C25H26Br2FN7O2. The zero-order valence-corrected chi connectivity index (χ0v) is 23.2. The minimum Gasteiger partial charge on any atom is -0.486 e. The molecule has 3 heterocycles. The molecule has 2 aliphatic rings. The van der Waals surface area contributed by atoms with E-state index < -0.39 is 0 Å². The van der Waals surface area contributed by atoms with Crippen LogP contribution in [-0.4, -0.2) is 60.6 Å². The van der Waals surface area contributed by atoms with E-state index in [2.05, 4.69) is 62.2 Å². The second kappa shape index (κ2) is 12.1. The van der Waals surface area contributed by atoms with Gasteiger partial charge in [0.25, 0.3) is 0 Å². The molecule has 0 amide bonds. The number of aromatic nitrogens is 3. The first-order valence-electron chi connectivity index (χ1n) is 12.0. The molecule has 2 saturated heterocycles. The number of ether oxygens (including phenoxy) is 2. The molecule has 0 bridgehead atoms. The highest BCUT2D eigenvalue weighted by molar-refractivity contribution is 9.11. The van der Waals surface area contributed by atoms with Gasteiger partial charge < -0.3 is 19.3 Å². The third kappa shape index (κ3) is 6.55. The van der Waals surface area contributed by atoms with E-state index >= 15 is 0 Å². The van der Waals surface area contributed by atoms with Crippen molar-refractivity contribution >= 4 is 55.9 Å². The molecule has 0 radical (unpaired) electrons. The van der Waals surface area contributed by atoms with Crippen LogP contribution in [0.4, 0.5) is 22.2 Å². The second-order valence-electron chi connectivity index (χ2n) is 8.62. The fourth-order valence-electron chi connectivity index (χ4n) is 4.09.